The standard InChI is InChI=1S/C20H18Cl2N4O/c1-20(2)13(11-14(21)22)15(20)18(27)25-17-16(12-7-4-3-5-8-12)24-19-23-9-6-10-26(17)19/h3-11,13,15H,1-2H3,(H,25,27)/t13-,15-/m0/s1. The summed E-state index contributed by atoms with van der Waals surface area (Å²) < 4.78 is 1.97. The van der Waals surface area contributed by atoms with Gasteiger partial charge in [0.05, 0.1) is 5.92 Å². The van der Waals surface area contributed by atoms with Gasteiger partial charge in [0.15, 0.2) is 0 Å². The third-order valence-electron chi connectivity index (χ3n) is 5.19. The fourth-order valence-corrected chi connectivity index (χ4v) is 3.90. The first-order valence-corrected chi connectivity index (χ1v) is 9.37. The monoisotopic (exact) mass is 400 g/mol. The first-order chi connectivity index (χ1) is 12.9. The van der Waals surface area contributed by atoms with Gasteiger partial charge in [-0.25, -0.2) is 9.97 Å². The van der Waals surface area contributed by atoms with E-state index >= 15 is 0 Å². The highest BCUT2D eigenvalue weighted by atomic mass is 35.5. The average Bonchev–Trinajstić information content (AvgIpc) is 2.99. The summed E-state index contributed by atoms with van der Waals surface area (Å²) in [6, 6.07) is 11.5. The number of hydrogen-bond acceptors (Lipinski definition) is 3. The molecule has 138 valence electrons. The van der Waals surface area contributed by atoms with E-state index in [0.717, 1.165) is 5.56 Å². The molecule has 1 aromatic carbocycles. The van der Waals surface area contributed by atoms with E-state index in [-0.39, 0.29) is 27.6 Å². The third-order valence-corrected chi connectivity index (χ3v) is 5.44. The number of aromatic nitrogens is 3. The summed E-state index contributed by atoms with van der Waals surface area (Å²) >= 11 is 11.6. The molecule has 1 aliphatic carbocycles. The van der Waals surface area contributed by atoms with E-state index in [1.54, 1.807) is 22.7 Å². The predicted octanol–water partition coefficient (Wildman–Crippen LogP) is 4.93. The SMILES string of the molecule is CC1(C)[C@H](C(=O)Nc2c(-c3ccccc3)nc3ncccn23)[C@@H]1C=C(Cl)Cl. The molecule has 4 rings (SSSR count). The molecule has 1 saturated carbocycles. The maximum Gasteiger partial charge on any atom is 0.235 e. The molecule has 27 heavy (non-hydrogen) atoms. The van der Waals surface area contributed by atoms with Crippen molar-refractivity contribution in [2.75, 3.05) is 5.32 Å². The number of nitrogens with zero attached hydrogens (tertiary/aromatic N) is 3. The number of anilines is 1. The number of allylic oxidation sites excluding steroid dienone is 1. The molecule has 3 aromatic rings. The summed E-state index contributed by atoms with van der Waals surface area (Å²) in [7, 11) is 0. The summed E-state index contributed by atoms with van der Waals surface area (Å²) in [6.07, 6.45) is 5.25. The number of amides is 1. The lowest BCUT2D eigenvalue weighted by molar-refractivity contribution is -0.118. The minimum absolute atomic E-state index is 0.0000131. The molecule has 7 heteroatoms. The molecule has 1 amide bonds. The maximum atomic E-state index is 13.0. The average molecular weight is 401 g/mol. The van der Waals surface area contributed by atoms with Crippen LogP contribution in [0.15, 0.2) is 59.4 Å². The van der Waals surface area contributed by atoms with Crippen molar-refractivity contribution in [3.63, 3.8) is 0 Å². The Morgan fingerprint density at radius 2 is 1.96 bits per heavy atom. The third kappa shape index (κ3) is 3.22. The number of carbonyl (C=O) groups is 1. The Morgan fingerprint density at radius 3 is 2.67 bits per heavy atom. The molecular formula is C20H18Cl2N4O. The minimum atomic E-state index is -0.212. The molecule has 1 aliphatic rings. The van der Waals surface area contributed by atoms with E-state index in [0.29, 0.717) is 17.3 Å². The quantitative estimate of drug-likeness (QED) is 0.675. The van der Waals surface area contributed by atoms with Crippen molar-refractivity contribution in [1.82, 2.24) is 14.4 Å². The Balaban J connectivity index is 1.72. The number of imidazole rings is 1. The van der Waals surface area contributed by atoms with Crippen molar-refractivity contribution in [2.45, 2.75) is 13.8 Å². The summed E-state index contributed by atoms with van der Waals surface area (Å²) in [4.78, 5) is 21.9. The van der Waals surface area contributed by atoms with Crippen LogP contribution in [0.25, 0.3) is 17.0 Å². The largest absolute Gasteiger partial charge is 0.310 e. The lowest BCUT2D eigenvalue weighted by atomic mass is 10.1. The van der Waals surface area contributed by atoms with E-state index in [1.807, 2.05) is 50.4 Å². The number of fused-ring (bicyclic) bond motifs is 1. The summed E-state index contributed by atoms with van der Waals surface area (Å²) in [5.74, 6) is 0.841. The van der Waals surface area contributed by atoms with Crippen LogP contribution >= 0.6 is 23.2 Å². The summed E-state index contributed by atoms with van der Waals surface area (Å²) in [5, 5.41) is 3.06. The normalized spacial score (nSPS) is 20.3. The van der Waals surface area contributed by atoms with Crippen LogP contribution in [0.4, 0.5) is 5.82 Å². The Hall–Kier alpha value is -2.37. The predicted molar refractivity (Wildman–Crippen MR) is 108 cm³/mol. The second-order valence-corrected chi connectivity index (χ2v) is 8.24. The number of benzene rings is 1. The highest BCUT2D eigenvalue weighted by molar-refractivity contribution is 6.55. The van der Waals surface area contributed by atoms with Crippen molar-refractivity contribution in [2.24, 2.45) is 17.3 Å². The lowest BCUT2D eigenvalue weighted by Crippen LogP contribution is -2.18. The molecule has 0 saturated heterocycles. The van der Waals surface area contributed by atoms with Crippen molar-refractivity contribution >= 4 is 40.7 Å². The first-order valence-electron chi connectivity index (χ1n) is 8.62. The van der Waals surface area contributed by atoms with E-state index < -0.39 is 0 Å². The molecule has 1 fully saturated rings. The molecule has 1 N–H and O–H groups in total. The highest BCUT2D eigenvalue weighted by Gasteiger charge is 2.60. The van der Waals surface area contributed by atoms with E-state index in [4.69, 9.17) is 23.2 Å². The van der Waals surface area contributed by atoms with Crippen molar-refractivity contribution in [3.05, 3.63) is 59.4 Å². The smallest absolute Gasteiger partial charge is 0.235 e. The van der Waals surface area contributed by atoms with Crippen molar-refractivity contribution in [1.29, 1.82) is 0 Å². The van der Waals surface area contributed by atoms with Crippen LogP contribution in [0.3, 0.4) is 0 Å². The summed E-state index contributed by atoms with van der Waals surface area (Å²) in [5.41, 5.74) is 1.39. The lowest BCUT2D eigenvalue weighted by Gasteiger charge is -2.08. The molecule has 2 aromatic heterocycles. The van der Waals surface area contributed by atoms with Crippen molar-refractivity contribution in [3.8, 4) is 11.3 Å². The van der Waals surface area contributed by atoms with Crippen LogP contribution in [0.2, 0.25) is 0 Å². The van der Waals surface area contributed by atoms with E-state index in [1.165, 1.54) is 0 Å². The Labute approximate surface area is 167 Å². The van der Waals surface area contributed by atoms with Gasteiger partial charge in [-0.15, -0.1) is 0 Å². The van der Waals surface area contributed by atoms with Crippen LogP contribution in [-0.2, 0) is 4.79 Å². The fraction of sp³-hybridized carbons (Fsp3) is 0.250. The number of carbonyl (C=O) groups excluding carboxylic acids is 1. The topological polar surface area (TPSA) is 59.3 Å². The molecule has 2 heterocycles. The first kappa shape index (κ1) is 18.0. The van der Waals surface area contributed by atoms with Crippen LogP contribution in [0.5, 0.6) is 0 Å². The zero-order valence-corrected chi connectivity index (χ0v) is 16.4. The number of hydrogen-bond donors (Lipinski definition) is 1. The minimum Gasteiger partial charge on any atom is -0.310 e. The van der Waals surface area contributed by atoms with E-state index in [2.05, 4.69) is 15.3 Å². The summed E-state index contributed by atoms with van der Waals surface area (Å²) in [6.45, 7) is 4.06. The van der Waals surface area contributed by atoms with Gasteiger partial charge >= 0.3 is 0 Å². The Kier molecular flexibility index (Phi) is 4.44. The fourth-order valence-electron chi connectivity index (χ4n) is 3.62. The molecular weight excluding hydrogens is 383 g/mol. The molecule has 0 radical (unpaired) electrons. The van der Waals surface area contributed by atoms with Gasteiger partial charge in [0.1, 0.15) is 16.0 Å². The van der Waals surface area contributed by atoms with Crippen LogP contribution in [0.1, 0.15) is 13.8 Å². The van der Waals surface area contributed by atoms with Gasteiger partial charge in [0.2, 0.25) is 11.7 Å². The van der Waals surface area contributed by atoms with E-state index in [9.17, 15) is 4.79 Å². The maximum absolute atomic E-state index is 13.0. The van der Waals surface area contributed by atoms with Gasteiger partial charge in [-0.05, 0) is 23.5 Å². The zero-order chi connectivity index (χ0) is 19.2. The highest BCUT2D eigenvalue weighted by Crippen LogP contribution is 2.60. The molecule has 0 aliphatic heterocycles. The molecule has 0 unspecified atom stereocenters. The number of rotatable bonds is 4. The van der Waals surface area contributed by atoms with Crippen LogP contribution in [0, 0.1) is 17.3 Å². The van der Waals surface area contributed by atoms with Crippen LogP contribution in [-0.4, -0.2) is 20.3 Å². The molecule has 5 nitrogen and oxygen atoms in total. The molecule has 0 bridgehead atoms. The number of halogens is 2. The molecule has 2 atom stereocenters. The van der Waals surface area contributed by atoms with Gasteiger partial charge in [-0.2, -0.15) is 0 Å². The van der Waals surface area contributed by atoms with Crippen LogP contribution < -0.4 is 5.32 Å². The van der Waals surface area contributed by atoms with Gasteiger partial charge in [0, 0.05) is 18.0 Å². The second kappa shape index (κ2) is 6.66. The molecule has 0 spiro atoms. The van der Waals surface area contributed by atoms with Crippen molar-refractivity contribution < 1.29 is 4.79 Å². The van der Waals surface area contributed by atoms with Gasteiger partial charge in [0.25, 0.3) is 0 Å². The Morgan fingerprint density at radius 1 is 1.22 bits per heavy atom. The Bertz CT molecular complexity index is 1040. The van der Waals surface area contributed by atoms with Gasteiger partial charge in [-0.3, -0.25) is 9.20 Å². The number of nitrogens with one attached hydrogen (secondary N) is 1. The van der Waals surface area contributed by atoms with Gasteiger partial charge in [-0.1, -0.05) is 67.4 Å². The zero-order valence-electron chi connectivity index (χ0n) is 14.9. The second-order valence-electron chi connectivity index (χ2n) is 7.24. The van der Waals surface area contributed by atoms with Gasteiger partial charge < -0.3 is 5.32 Å².